The maximum absolute atomic E-state index is 12.1. The standard InChI is InChI=1S/C13H17N3O3S/c1-8(10-4-3-7-20-10)16(2)11(17)6-5-9-12(18)15-13(19)14-9/h3-4,7-9H,5-6H2,1-2H3,(H2,14,15,18,19)/t8-,9-/m0/s1. The molecule has 20 heavy (non-hydrogen) atoms. The first-order valence-corrected chi connectivity index (χ1v) is 7.27. The number of nitrogens with zero attached hydrogens (tertiary/aromatic N) is 1. The van der Waals surface area contributed by atoms with Gasteiger partial charge in [-0.05, 0) is 24.8 Å². The van der Waals surface area contributed by atoms with Crippen LogP contribution in [0.25, 0.3) is 0 Å². The van der Waals surface area contributed by atoms with Crippen LogP contribution in [0.4, 0.5) is 4.79 Å². The number of carbonyl (C=O) groups excluding carboxylic acids is 3. The van der Waals surface area contributed by atoms with Gasteiger partial charge >= 0.3 is 6.03 Å². The van der Waals surface area contributed by atoms with Gasteiger partial charge in [0.15, 0.2) is 0 Å². The van der Waals surface area contributed by atoms with Gasteiger partial charge in [-0.15, -0.1) is 11.3 Å². The molecule has 2 N–H and O–H groups in total. The first kappa shape index (κ1) is 14.5. The average molecular weight is 295 g/mol. The lowest BCUT2D eigenvalue weighted by Gasteiger charge is -2.24. The molecule has 0 saturated carbocycles. The molecule has 4 amide bonds. The number of nitrogens with one attached hydrogen (secondary N) is 2. The summed E-state index contributed by atoms with van der Waals surface area (Å²) in [4.78, 5) is 37.2. The zero-order chi connectivity index (χ0) is 14.7. The number of hydrogen-bond acceptors (Lipinski definition) is 4. The van der Waals surface area contributed by atoms with Crippen molar-refractivity contribution in [1.29, 1.82) is 0 Å². The van der Waals surface area contributed by atoms with E-state index in [1.165, 1.54) is 0 Å². The fraction of sp³-hybridized carbons (Fsp3) is 0.462. The second kappa shape index (κ2) is 6.04. The molecule has 108 valence electrons. The monoisotopic (exact) mass is 295 g/mol. The molecule has 2 atom stereocenters. The van der Waals surface area contributed by atoms with Crippen molar-refractivity contribution in [3.8, 4) is 0 Å². The van der Waals surface area contributed by atoms with E-state index in [1.54, 1.807) is 23.3 Å². The molecule has 2 heterocycles. The molecule has 1 fully saturated rings. The van der Waals surface area contributed by atoms with Crippen molar-refractivity contribution in [3.63, 3.8) is 0 Å². The van der Waals surface area contributed by atoms with Gasteiger partial charge in [0.05, 0.1) is 6.04 Å². The van der Waals surface area contributed by atoms with E-state index in [0.717, 1.165) is 4.88 Å². The van der Waals surface area contributed by atoms with Crippen LogP contribution in [-0.4, -0.2) is 35.8 Å². The normalized spacial score (nSPS) is 19.4. The smallest absolute Gasteiger partial charge is 0.322 e. The maximum atomic E-state index is 12.1. The van der Waals surface area contributed by atoms with Gasteiger partial charge in [-0.25, -0.2) is 4.79 Å². The van der Waals surface area contributed by atoms with Gasteiger partial charge < -0.3 is 10.2 Å². The molecule has 0 aromatic carbocycles. The predicted octanol–water partition coefficient (Wildman–Crippen LogP) is 1.26. The molecule has 1 aliphatic heterocycles. The largest absolute Gasteiger partial charge is 0.338 e. The van der Waals surface area contributed by atoms with Gasteiger partial charge in [0.2, 0.25) is 5.91 Å². The van der Waals surface area contributed by atoms with Crippen LogP contribution in [0.5, 0.6) is 0 Å². The van der Waals surface area contributed by atoms with Gasteiger partial charge in [-0.1, -0.05) is 6.07 Å². The SMILES string of the molecule is C[C@@H](c1cccs1)N(C)C(=O)CC[C@@H]1NC(=O)NC1=O. The van der Waals surface area contributed by atoms with E-state index in [-0.39, 0.29) is 24.3 Å². The van der Waals surface area contributed by atoms with Crippen LogP contribution in [-0.2, 0) is 9.59 Å². The Morgan fingerprint density at radius 3 is 2.80 bits per heavy atom. The molecule has 2 rings (SSSR count). The molecule has 0 bridgehead atoms. The van der Waals surface area contributed by atoms with Crippen LogP contribution in [0.3, 0.4) is 0 Å². The van der Waals surface area contributed by atoms with Crippen molar-refractivity contribution in [2.24, 2.45) is 0 Å². The summed E-state index contributed by atoms with van der Waals surface area (Å²) in [5.74, 6) is -0.406. The third-order valence-electron chi connectivity index (χ3n) is 3.43. The summed E-state index contributed by atoms with van der Waals surface area (Å²) in [5.41, 5.74) is 0. The highest BCUT2D eigenvalue weighted by Crippen LogP contribution is 2.24. The Balaban J connectivity index is 1.85. The Labute approximate surface area is 121 Å². The Morgan fingerprint density at radius 2 is 2.25 bits per heavy atom. The molecule has 1 aromatic heterocycles. The molecule has 0 spiro atoms. The van der Waals surface area contributed by atoms with Crippen LogP contribution in [0.2, 0.25) is 0 Å². The van der Waals surface area contributed by atoms with E-state index >= 15 is 0 Å². The summed E-state index contributed by atoms with van der Waals surface area (Å²) in [6.07, 6.45) is 0.544. The Hall–Kier alpha value is -1.89. The molecule has 6 nitrogen and oxygen atoms in total. The second-order valence-electron chi connectivity index (χ2n) is 4.75. The van der Waals surface area contributed by atoms with Crippen LogP contribution < -0.4 is 10.6 Å². The van der Waals surface area contributed by atoms with Crippen molar-refractivity contribution >= 4 is 29.2 Å². The third kappa shape index (κ3) is 3.16. The second-order valence-corrected chi connectivity index (χ2v) is 5.73. The van der Waals surface area contributed by atoms with Gasteiger partial charge in [0, 0.05) is 18.3 Å². The zero-order valence-corrected chi connectivity index (χ0v) is 12.2. The molecule has 0 aliphatic carbocycles. The molecular formula is C13H17N3O3S. The number of imide groups is 1. The van der Waals surface area contributed by atoms with Crippen molar-refractivity contribution < 1.29 is 14.4 Å². The molecule has 1 saturated heterocycles. The topological polar surface area (TPSA) is 78.5 Å². The summed E-state index contributed by atoms with van der Waals surface area (Å²) in [6.45, 7) is 1.97. The summed E-state index contributed by atoms with van der Waals surface area (Å²) >= 11 is 1.61. The highest BCUT2D eigenvalue weighted by Gasteiger charge is 2.30. The lowest BCUT2D eigenvalue weighted by Crippen LogP contribution is -2.33. The zero-order valence-electron chi connectivity index (χ0n) is 11.4. The van der Waals surface area contributed by atoms with Gasteiger partial charge in [-0.2, -0.15) is 0 Å². The van der Waals surface area contributed by atoms with E-state index in [2.05, 4.69) is 10.6 Å². The van der Waals surface area contributed by atoms with Crippen molar-refractivity contribution in [2.45, 2.75) is 31.8 Å². The number of carbonyl (C=O) groups is 3. The van der Waals surface area contributed by atoms with E-state index in [1.807, 2.05) is 24.4 Å². The Bertz CT molecular complexity index is 515. The van der Waals surface area contributed by atoms with Crippen LogP contribution >= 0.6 is 11.3 Å². The summed E-state index contributed by atoms with van der Waals surface area (Å²) in [7, 11) is 1.75. The van der Waals surface area contributed by atoms with E-state index in [4.69, 9.17) is 0 Å². The maximum Gasteiger partial charge on any atom is 0.322 e. The minimum atomic E-state index is -0.600. The molecule has 0 unspecified atom stereocenters. The first-order chi connectivity index (χ1) is 9.49. The van der Waals surface area contributed by atoms with E-state index in [9.17, 15) is 14.4 Å². The van der Waals surface area contributed by atoms with Crippen molar-refractivity contribution in [1.82, 2.24) is 15.5 Å². The van der Waals surface area contributed by atoms with E-state index in [0.29, 0.717) is 6.42 Å². The van der Waals surface area contributed by atoms with Crippen molar-refractivity contribution in [3.05, 3.63) is 22.4 Å². The van der Waals surface area contributed by atoms with Crippen LogP contribution in [0, 0.1) is 0 Å². The predicted molar refractivity (Wildman–Crippen MR) is 75.2 cm³/mol. The number of hydrogen-bond donors (Lipinski definition) is 2. The number of thiophene rings is 1. The highest BCUT2D eigenvalue weighted by molar-refractivity contribution is 7.10. The molecule has 0 radical (unpaired) electrons. The number of rotatable bonds is 5. The fourth-order valence-electron chi connectivity index (χ4n) is 2.04. The third-order valence-corrected chi connectivity index (χ3v) is 4.48. The lowest BCUT2D eigenvalue weighted by molar-refractivity contribution is -0.132. The quantitative estimate of drug-likeness (QED) is 0.803. The molecule has 1 aliphatic rings. The Kier molecular flexibility index (Phi) is 4.39. The lowest BCUT2D eigenvalue weighted by atomic mass is 10.1. The molecule has 7 heteroatoms. The summed E-state index contributed by atoms with van der Waals surface area (Å²) in [6, 6.07) is 2.86. The number of amides is 4. The first-order valence-electron chi connectivity index (χ1n) is 6.39. The number of urea groups is 1. The van der Waals surface area contributed by atoms with E-state index < -0.39 is 12.1 Å². The van der Waals surface area contributed by atoms with Crippen LogP contribution in [0.1, 0.15) is 30.7 Å². The minimum Gasteiger partial charge on any atom is -0.338 e. The van der Waals surface area contributed by atoms with Gasteiger partial charge in [0.1, 0.15) is 6.04 Å². The summed E-state index contributed by atoms with van der Waals surface area (Å²) < 4.78 is 0. The average Bonchev–Trinajstić information content (AvgIpc) is 3.04. The minimum absolute atomic E-state index is 0.00879. The fourth-order valence-corrected chi connectivity index (χ4v) is 2.87. The van der Waals surface area contributed by atoms with Gasteiger partial charge in [0.25, 0.3) is 5.91 Å². The Morgan fingerprint density at radius 1 is 1.50 bits per heavy atom. The van der Waals surface area contributed by atoms with Crippen LogP contribution in [0.15, 0.2) is 17.5 Å². The molecule has 1 aromatic rings. The molecular weight excluding hydrogens is 278 g/mol. The summed E-state index contributed by atoms with van der Waals surface area (Å²) in [5, 5.41) is 6.61. The van der Waals surface area contributed by atoms with Crippen molar-refractivity contribution in [2.75, 3.05) is 7.05 Å². The van der Waals surface area contributed by atoms with Gasteiger partial charge in [-0.3, -0.25) is 14.9 Å². The highest BCUT2D eigenvalue weighted by atomic mass is 32.1.